The third kappa shape index (κ3) is 5.26. The molecule has 1 saturated heterocycles. The Hall–Kier alpha value is -3.80. The third-order valence-corrected chi connectivity index (χ3v) is 6.61. The van der Waals surface area contributed by atoms with Crippen LogP contribution >= 0.6 is 0 Å². The maximum Gasteiger partial charge on any atom is 0.416 e. The van der Waals surface area contributed by atoms with Gasteiger partial charge in [-0.3, -0.25) is 14.0 Å². The van der Waals surface area contributed by atoms with Crippen molar-refractivity contribution in [2.75, 3.05) is 31.2 Å². The van der Waals surface area contributed by atoms with Crippen LogP contribution in [0.3, 0.4) is 0 Å². The first kappa shape index (κ1) is 25.8. The first-order chi connectivity index (χ1) is 18.1. The van der Waals surface area contributed by atoms with Gasteiger partial charge in [0.2, 0.25) is 0 Å². The molecule has 0 radical (unpaired) electrons. The van der Waals surface area contributed by atoms with Gasteiger partial charge >= 0.3 is 6.18 Å². The predicted molar refractivity (Wildman–Crippen MR) is 133 cm³/mol. The van der Waals surface area contributed by atoms with Crippen LogP contribution in [0.2, 0.25) is 0 Å². The summed E-state index contributed by atoms with van der Waals surface area (Å²) in [5, 5.41) is 4.31. The standard InChI is InChI=1S/C20H18F4N4O2.C6H8N2/c1-11-25-18-14(19(29)27(11)2)10-16(28-5-7-30-8-6-28)26-17(18)13-4-3-12(9-15(13)21)20(22,23)24;1-4-7-8(5-1)6-2-3-6/h3-4,9-10H,5-8H2,1-2H3;1,4-6H,2-3H2. The molecule has 3 aromatic heterocycles. The lowest BCUT2D eigenvalue weighted by Gasteiger charge is -2.28. The van der Waals surface area contributed by atoms with Gasteiger partial charge in [-0.1, -0.05) is 0 Å². The molecule has 0 N–H and O–H groups in total. The molecule has 0 amide bonds. The summed E-state index contributed by atoms with van der Waals surface area (Å²) < 4.78 is 62.3. The second-order valence-corrected chi connectivity index (χ2v) is 9.26. The average molecular weight is 531 g/mol. The number of aromatic nitrogens is 5. The van der Waals surface area contributed by atoms with Gasteiger partial charge in [-0.15, -0.1) is 0 Å². The number of ether oxygens (including phenoxy) is 1. The van der Waals surface area contributed by atoms with Crippen LogP contribution in [0.1, 0.15) is 30.3 Å². The van der Waals surface area contributed by atoms with E-state index in [9.17, 15) is 22.4 Å². The van der Waals surface area contributed by atoms with Crippen LogP contribution in [0.5, 0.6) is 0 Å². The second-order valence-electron chi connectivity index (χ2n) is 9.26. The van der Waals surface area contributed by atoms with Crippen LogP contribution in [0.25, 0.3) is 22.2 Å². The quantitative estimate of drug-likeness (QED) is 0.363. The van der Waals surface area contributed by atoms with Gasteiger partial charge in [-0.2, -0.15) is 18.3 Å². The van der Waals surface area contributed by atoms with Crippen molar-refractivity contribution < 1.29 is 22.3 Å². The molecule has 4 aromatic rings. The monoisotopic (exact) mass is 530 g/mol. The summed E-state index contributed by atoms with van der Waals surface area (Å²) in [4.78, 5) is 23.6. The molecule has 0 unspecified atom stereocenters. The molecule has 1 aromatic carbocycles. The van der Waals surface area contributed by atoms with Crippen molar-refractivity contribution in [3.63, 3.8) is 0 Å². The molecular formula is C26H26F4N6O2. The van der Waals surface area contributed by atoms with Gasteiger partial charge in [-0.05, 0) is 50.1 Å². The van der Waals surface area contributed by atoms with E-state index in [1.165, 1.54) is 17.4 Å². The van der Waals surface area contributed by atoms with Crippen molar-refractivity contribution in [3.05, 3.63) is 70.3 Å². The highest BCUT2D eigenvalue weighted by Gasteiger charge is 2.32. The van der Waals surface area contributed by atoms with Gasteiger partial charge in [0, 0.05) is 38.1 Å². The fourth-order valence-electron chi connectivity index (χ4n) is 4.23. The van der Waals surface area contributed by atoms with Gasteiger partial charge < -0.3 is 9.64 Å². The molecular weight excluding hydrogens is 504 g/mol. The Labute approximate surface area is 215 Å². The van der Waals surface area contributed by atoms with Crippen LogP contribution in [-0.4, -0.2) is 50.6 Å². The number of rotatable bonds is 3. The van der Waals surface area contributed by atoms with Crippen molar-refractivity contribution in [1.29, 1.82) is 0 Å². The highest BCUT2D eigenvalue weighted by molar-refractivity contribution is 5.93. The average Bonchev–Trinajstić information content (AvgIpc) is 3.61. The number of alkyl halides is 3. The minimum atomic E-state index is -4.67. The first-order valence-corrected chi connectivity index (χ1v) is 12.2. The molecule has 8 nitrogen and oxygen atoms in total. The fraction of sp³-hybridized carbons (Fsp3) is 0.385. The van der Waals surface area contributed by atoms with Gasteiger partial charge in [0.05, 0.1) is 30.2 Å². The Balaban J connectivity index is 0.000000310. The molecule has 1 aliphatic carbocycles. The molecule has 38 heavy (non-hydrogen) atoms. The highest BCUT2D eigenvalue weighted by atomic mass is 19.4. The zero-order valence-electron chi connectivity index (χ0n) is 20.9. The maximum absolute atomic E-state index is 14.8. The Morgan fingerprint density at radius 1 is 1.08 bits per heavy atom. The lowest BCUT2D eigenvalue weighted by molar-refractivity contribution is -0.137. The van der Waals surface area contributed by atoms with Crippen LogP contribution in [0.15, 0.2) is 47.5 Å². The summed E-state index contributed by atoms with van der Waals surface area (Å²) in [6.07, 6.45) is 1.83. The second kappa shape index (κ2) is 10.2. The van der Waals surface area contributed by atoms with E-state index in [2.05, 4.69) is 15.1 Å². The number of morpholine rings is 1. The van der Waals surface area contributed by atoms with Crippen molar-refractivity contribution in [2.24, 2.45) is 7.05 Å². The first-order valence-electron chi connectivity index (χ1n) is 12.2. The molecule has 200 valence electrons. The Kier molecular flexibility index (Phi) is 6.91. The SMILES string of the molecule is Cc1nc2c(-c3ccc(C(F)(F)F)cc3F)nc(N3CCOCC3)cc2c(=O)n1C.c1cnn(C2CC2)c1. The summed E-state index contributed by atoms with van der Waals surface area (Å²) in [6, 6.07) is 6.54. The van der Waals surface area contributed by atoms with E-state index in [4.69, 9.17) is 4.74 Å². The highest BCUT2D eigenvalue weighted by Crippen LogP contribution is 2.35. The van der Waals surface area contributed by atoms with E-state index < -0.39 is 17.6 Å². The third-order valence-electron chi connectivity index (χ3n) is 6.61. The minimum Gasteiger partial charge on any atom is -0.378 e. The molecule has 2 fully saturated rings. The van der Waals surface area contributed by atoms with E-state index in [0.29, 0.717) is 44.0 Å². The van der Waals surface area contributed by atoms with Gasteiger partial charge in [-0.25, -0.2) is 14.4 Å². The lowest BCUT2D eigenvalue weighted by atomic mass is 10.0. The largest absolute Gasteiger partial charge is 0.416 e. The summed E-state index contributed by atoms with van der Waals surface area (Å²) >= 11 is 0. The number of fused-ring (bicyclic) bond motifs is 1. The normalized spacial score (nSPS) is 15.9. The summed E-state index contributed by atoms with van der Waals surface area (Å²) in [5.41, 5.74) is -1.42. The number of hydrogen-bond donors (Lipinski definition) is 0. The number of benzene rings is 1. The van der Waals surface area contributed by atoms with Gasteiger partial charge in [0.15, 0.2) is 0 Å². The van der Waals surface area contributed by atoms with Crippen molar-refractivity contribution in [2.45, 2.75) is 32.0 Å². The molecule has 0 spiro atoms. The number of halogens is 4. The number of hydrogen-bond acceptors (Lipinski definition) is 6. The maximum atomic E-state index is 14.8. The number of nitrogens with zero attached hydrogens (tertiary/aromatic N) is 6. The van der Waals surface area contributed by atoms with E-state index in [0.717, 1.165) is 18.2 Å². The molecule has 0 atom stereocenters. The summed E-state index contributed by atoms with van der Waals surface area (Å²) in [6.45, 7) is 3.59. The fourth-order valence-corrected chi connectivity index (χ4v) is 4.23. The number of aryl methyl sites for hydroxylation is 1. The molecule has 1 saturated carbocycles. The topological polar surface area (TPSA) is 78.1 Å². The zero-order chi connectivity index (χ0) is 27.0. The smallest absolute Gasteiger partial charge is 0.378 e. The molecule has 12 heteroatoms. The summed E-state index contributed by atoms with van der Waals surface area (Å²) in [7, 11) is 1.57. The van der Waals surface area contributed by atoms with Crippen LogP contribution in [0, 0.1) is 12.7 Å². The predicted octanol–water partition coefficient (Wildman–Crippen LogP) is 4.52. The molecule has 4 heterocycles. The zero-order valence-corrected chi connectivity index (χ0v) is 20.9. The molecule has 0 bridgehead atoms. The van der Waals surface area contributed by atoms with Crippen molar-refractivity contribution in [3.8, 4) is 11.3 Å². The van der Waals surface area contributed by atoms with Crippen LogP contribution < -0.4 is 10.5 Å². The Morgan fingerprint density at radius 3 is 2.42 bits per heavy atom. The van der Waals surface area contributed by atoms with Gasteiger partial charge in [0.25, 0.3) is 5.56 Å². The van der Waals surface area contributed by atoms with Gasteiger partial charge in [0.1, 0.15) is 28.7 Å². The van der Waals surface area contributed by atoms with Crippen LogP contribution in [-0.2, 0) is 18.0 Å². The van der Waals surface area contributed by atoms with Crippen molar-refractivity contribution >= 4 is 16.7 Å². The van der Waals surface area contributed by atoms with E-state index in [1.807, 2.05) is 28.0 Å². The van der Waals surface area contributed by atoms with E-state index in [-0.39, 0.29) is 27.7 Å². The van der Waals surface area contributed by atoms with Crippen LogP contribution in [0.4, 0.5) is 23.4 Å². The van der Waals surface area contributed by atoms with E-state index >= 15 is 0 Å². The lowest BCUT2D eigenvalue weighted by Crippen LogP contribution is -2.37. The molecule has 2 aliphatic rings. The van der Waals surface area contributed by atoms with E-state index in [1.54, 1.807) is 20.0 Å². The minimum absolute atomic E-state index is 0.0287. The number of anilines is 1. The van der Waals surface area contributed by atoms with Crippen molar-refractivity contribution in [1.82, 2.24) is 24.3 Å². The number of pyridine rings is 1. The molecule has 1 aliphatic heterocycles. The Morgan fingerprint density at radius 2 is 1.82 bits per heavy atom. The Bertz CT molecular complexity index is 1510. The molecule has 6 rings (SSSR count). The summed E-state index contributed by atoms with van der Waals surface area (Å²) in [5.74, 6) is -0.289.